The third-order valence-electron chi connectivity index (χ3n) is 1.36. The van der Waals surface area contributed by atoms with Crippen molar-refractivity contribution < 1.29 is 0 Å². The number of rotatable bonds is 2. The molecule has 0 radical (unpaired) electrons. The van der Waals surface area contributed by atoms with Crippen LogP contribution in [0.3, 0.4) is 0 Å². The third kappa shape index (κ3) is 6.82. The zero-order chi connectivity index (χ0) is 9.94. The van der Waals surface area contributed by atoms with E-state index in [1.54, 1.807) is 6.08 Å². The summed E-state index contributed by atoms with van der Waals surface area (Å²) in [5, 5.41) is 0. The number of allylic oxidation sites excluding steroid dienone is 3. The highest BCUT2D eigenvalue weighted by molar-refractivity contribution is 5.45. The van der Waals surface area contributed by atoms with Gasteiger partial charge in [-0.25, -0.2) is 0 Å². The van der Waals surface area contributed by atoms with Crippen molar-refractivity contribution in [3.8, 4) is 0 Å². The van der Waals surface area contributed by atoms with Gasteiger partial charge in [-0.2, -0.15) is 0 Å². The molecule has 0 aliphatic carbocycles. The van der Waals surface area contributed by atoms with Gasteiger partial charge in [0.25, 0.3) is 0 Å². The molecule has 0 heterocycles. The van der Waals surface area contributed by atoms with Crippen LogP contribution >= 0.6 is 0 Å². The topological polar surface area (TPSA) is 0 Å². The van der Waals surface area contributed by atoms with Crippen LogP contribution in [0.2, 0.25) is 0 Å². The Morgan fingerprint density at radius 2 is 1.69 bits per heavy atom. The molecule has 1 aromatic rings. The summed E-state index contributed by atoms with van der Waals surface area (Å²) in [7, 11) is 0. The fourth-order valence-electron chi connectivity index (χ4n) is 0.725. The van der Waals surface area contributed by atoms with Crippen molar-refractivity contribution in [2.24, 2.45) is 0 Å². The van der Waals surface area contributed by atoms with Crippen molar-refractivity contribution in [3.05, 3.63) is 67.3 Å². The first-order chi connectivity index (χ1) is 6.35. The zero-order valence-electron chi connectivity index (χ0n) is 8.11. The highest BCUT2D eigenvalue weighted by Gasteiger charge is 1.75. The average Bonchev–Trinajstić information content (AvgIpc) is 2.21. The Hall–Kier alpha value is -1.56. The molecule has 0 aromatic heterocycles. The van der Waals surface area contributed by atoms with E-state index in [2.05, 4.69) is 13.2 Å². The van der Waals surface area contributed by atoms with Crippen LogP contribution in [-0.4, -0.2) is 0 Å². The molecule has 0 saturated carbocycles. The van der Waals surface area contributed by atoms with Crippen molar-refractivity contribution in [1.29, 1.82) is 0 Å². The van der Waals surface area contributed by atoms with E-state index in [9.17, 15) is 0 Å². The highest BCUT2D eigenvalue weighted by Crippen LogP contribution is 1.97. The highest BCUT2D eigenvalue weighted by atomic mass is 13.8. The van der Waals surface area contributed by atoms with Gasteiger partial charge in [-0.05, 0) is 12.5 Å². The van der Waals surface area contributed by atoms with E-state index in [-0.39, 0.29) is 0 Å². The summed E-state index contributed by atoms with van der Waals surface area (Å²) in [5.41, 5.74) is 1.17. The SMILES string of the molecule is C=C/C=C/C.C=Cc1ccccc1. The lowest BCUT2D eigenvalue weighted by Gasteiger charge is -1.85. The first-order valence-corrected chi connectivity index (χ1v) is 4.26. The first kappa shape index (κ1) is 11.4. The lowest BCUT2D eigenvalue weighted by molar-refractivity contribution is 1.67. The minimum Gasteiger partial charge on any atom is -0.0991 e. The minimum absolute atomic E-state index is 1.17. The molecular weight excluding hydrogens is 156 g/mol. The van der Waals surface area contributed by atoms with E-state index >= 15 is 0 Å². The number of hydrogen-bond donors (Lipinski definition) is 0. The molecule has 0 fully saturated rings. The van der Waals surface area contributed by atoms with E-state index in [1.165, 1.54) is 5.56 Å². The minimum atomic E-state index is 1.17. The maximum absolute atomic E-state index is 3.63. The van der Waals surface area contributed by atoms with E-state index in [0.29, 0.717) is 0 Å². The largest absolute Gasteiger partial charge is 0.0991 e. The maximum atomic E-state index is 3.63. The summed E-state index contributed by atoms with van der Waals surface area (Å²) < 4.78 is 0. The van der Waals surface area contributed by atoms with Crippen LogP contribution in [0.4, 0.5) is 0 Å². The Bertz CT molecular complexity index is 255. The predicted octanol–water partition coefficient (Wildman–Crippen LogP) is 4.08. The van der Waals surface area contributed by atoms with Gasteiger partial charge in [-0.1, -0.05) is 67.8 Å². The van der Waals surface area contributed by atoms with Gasteiger partial charge in [0.2, 0.25) is 0 Å². The molecule has 0 nitrogen and oxygen atoms in total. The summed E-state index contributed by atoms with van der Waals surface area (Å²) >= 11 is 0. The van der Waals surface area contributed by atoms with Gasteiger partial charge in [-0.3, -0.25) is 0 Å². The van der Waals surface area contributed by atoms with Gasteiger partial charge in [0.05, 0.1) is 0 Å². The molecule has 0 saturated heterocycles. The van der Waals surface area contributed by atoms with Crippen molar-refractivity contribution in [2.45, 2.75) is 6.92 Å². The standard InChI is InChI=1S/C8H8.C5H8/c1-2-8-6-4-3-5-7-8;1-3-5-4-2/h2-7H,1H2;3-5H,1H2,2H3/b;5-4+. The lowest BCUT2D eigenvalue weighted by atomic mass is 10.2. The van der Waals surface area contributed by atoms with Gasteiger partial charge in [0.1, 0.15) is 0 Å². The van der Waals surface area contributed by atoms with Crippen LogP contribution in [-0.2, 0) is 0 Å². The van der Waals surface area contributed by atoms with Gasteiger partial charge in [0, 0.05) is 0 Å². The molecule has 0 bridgehead atoms. The van der Waals surface area contributed by atoms with Crippen LogP contribution in [0.1, 0.15) is 12.5 Å². The molecule has 0 aliphatic rings. The van der Waals surface area contributed by atoms with Crippen molar-refractivity contribution in [1.82, 2.24) is 0 Å². The summed E-state index contributed by atoms with van der Waals surface area (Å²) in [6, 6.07) is 10.0. The molecule has 13 heavy (non-hydrogen) atoms. The molecular formula is C13H16. The second-order valence-electron chi connectivity index (χ2n) is 2.38. The Kier molecular flexibility index (Phi) is 7.51. The van der Waals surface area contributed by atoms with Gasteiger partial charge in [0.15, 0.2) is 0 Å². The Morgan fingerprint density at radius 3 is 1.92 bits per heavy atom. The summed E-state index contributed by atoms with van der Waals surface area (Å²) in [6.45, 7) is 9.05. The molecule has 1 rings (SSSR count). The van der Waals surface area contributed by atoms with Crippen molar-refractivity contribution in [3.63, 3.8) is 0 Å². The quantitative estimate of drug-likeness (QED) is 0.590. The lowest BCUT2D eigenvalue weighted by Crippen LogP contribution is -1.63. The Morgan fingerprint density at radius 1 is 1.08 bits per heavy atom. The number of benzene rings is 1. The second kappa shape index (κ2) is 8.54. The second-order valence-corrected chi connectivity index (χ2v) is 2.38. The smallest absolute Gasteiger partial charge is 0.0263 e. The van der Waals surface area contributed by atoms with Crippen LogP contribution in [0.15, 0.2) is 61.7 Å². The predicted molar refractivity (Wildman–Crippen MR) is 61.5 cm³/mol. The molecule has 0 spiro atoms. The molecule has 0 amide bonds. The average molecular weight is 172 g/mol. The molecule has 0 N–H and O–H groups in total. The van der Waals surface area contributed by atoms with E-state index in [1.807, 2.05) is 55.5 Å². The zero-order valence-corrected chi connectivity index (χ0v) is 8.11. The van der Waals surface area contributed by atoms with Crippen LogP contribution in [0, 0.1) is 0 Å². The van der Waals surface area contributed by atoms with E-state index in [4.69, 9.17) is 0 Å². The fourth-order valence-corrected chi connectivity index (χ4v) is 0.725. The van der Waals surface area contributed by atoms with Crippen LogP contribution in [0.5, 0.6) is 0 Å². The van der Waals surface area contributed by atoms with Gasteiger partial charge < -0.3 is 0 Å². The summed E-state index contributed by atoms with van der Waals surface area (Å²) in [5.74, 6) is 0. The molecule has 1 aromatic carbocycles. The van der Waals surface area contributed by atoms with Gasteiger partial charge >= 0.3 is 0 Å². The first-order valence-electron chi connectivity index (χ1n) is 4.26. The Balaban J connectivity index is 0.000000252. The molecule has 0 atom stereocenters. The molecule has 0 aliphatic heterocycles. The van der Waals surface area contributed by atoms with E-state index < -0.39 is 0 Å². The third-order valence-corrected chi connectivity index (χ3v) is 1.36. The monoisotopic (exact) mass is 172 g/mol. The van der Waals surface area contributed by atoms with Crippen LogP contribution in [0.25, 0.3) is 6.08 Å². The Labute approximate surface area is 80.9 Å². The maximum Gasteiger partial charge on any atom is -0.0263 e. The fraction of sp³-hybridized carbons (Fsp3) is 0.0769. The normalized spacial score (nSPS) is 8.69. The molecule has 0 unspecified atom stereocenters. The summed E-state index contributed by atoms with van der Waals surface area (Å²) in [4.78, 5) is 0. The van der Waals surface area contributed by atoms with Crippen LogP contribution < -0.4 is 0 Å². The van der Waals surface area contributed by atoms with E-state index in [0.717, 1.165) is 0 Å². The number of hydrogen-bond acceptors (Lipinski definition) is 0. The van der Waals surface area contributed by atoms with Crippen molar-refractivity contribution in [2.75, 3.05) is 0 Å². The molecule has 0 heteroatoms. The summed E-state index contributed by atoms with van der Waals surface area (Å²) in [6.07, 6.45) is 7.41. The van der Waals surface area contributed by atoms with Crippen molar-refractivity contribution >= 4 is 6.08 Å². The van der Waals surface area contributed by atoms with Gasteiger partial charge in [-0.15, -0.1) is 0 Å². The molecule has 68 valence electrons.